The lowest BCUT2D eigenvalue weighted by molar-refractivity contribution is 0.0915. The zero-order valence-electron chi connectivity index (χ0n) is 19.3. The monoisotopic (exact) mass is 461 g/mol. The van der Waals surface area contributed by atoms with Gasteiger partial charge in [-0.15, -0.1) is 11.3 Å². The van der Waals surface area contributed by atoms with E-state index in [2.05, 4.69) is 15.5 Å². The number of benzene rings is 2. The first-order chi connectivity index (χ1) is 15.7. The smallest absolute Gasteiger partial charge is 0.262 e. The number of carbonyl (C=O) groups is 2. The average Bonchev–Trinajstić information content (AvgIpc) is 3.40. The molecule has 0 fully saturated rings. The van der Waals surface area contributed by atoms with Crippen LogP contribution in [0.15, 0.2) is 60.7 Å². The van der Waals surface area contributed by atoms with Crippen molar-refractivity contribution in [2.75, 3.05) is 30.9 Å². The van der Waals surface area contributed by atoms with E-state index in [0.29, 0.717) is 21.1 Å². The molecule has 0 bridgehead atoms. The number of nitrogens with one attached hydrogen (secondary N) is 2. The summed E-state index contributed by atoms with van der Waals surface area (Å²) in [4.78, 5) is 30.8. The summed E-state index contributed by atoms with van der Waals surface area (Å²) in [5.41, 5.74) is 2.08. The average molecular weight is 462 g/mol. The van der Waals surface area contributed by atoms with Crippen LogP contribution in [0.1, 0.15) is 39.4 Å². The largest absolute Gasteiger partial charge is 0.378 e. The van der Waals surface area contributed by atoms with Crippen molar-refractivity contribution < 1.29 is 9.59 Å². The Balaban J connectivity index is 1.55. The van der Waals surface area contributed by atoms with Gasteiger partial charge in [-0.25, -0.2) is 0 Å². The molecular formula is C25H27N5O2S. The number of nitrogens with zero attached hydrogens (tertiary/aromatic N) is 3. The molecule has 0 unspecified atom stereocenters. The number of anilines is 2. The molecule has 170 valence electrons. The predicted octanol–water partition coefficient (Wildman–Crippen LogP) is 4.63. The Morgan fingerprint density at radius 2 is 1.67 bits per heavy atom. The van der Waals surface area contributed by atoms with Crippen LogP contribution in [0.4, 0.5) is 11.5 Å². The molecular weight excluding hydrogens is 434 g/mol. The molecule has 0 aliphatic rings. The summed E-state index contributed by atoms with van der Waals surface area (Å²) in [6.07, 6.45) is 0. The van der Waals surface area contributed by atoms with Gasteiger partial charge in [0.15, 0.2) is 0 Å². The van der Waals surface area contributed by atoms with Crippen molar-refractivity contribution in [2.24, 2.45) is 0 Å². The van der Waals surface area contributed by atoms with Crippen LogP contribution >= 0.6 is 11.3 Å². The summed E-state index contributed by atoms with van der Waals surface area (Å²) in [5.74, 6) is 0.226. The highest BCUT2D eigenvalue weighted by atomic mass is 32.1. The van der Waals surface area contributed by atoms with Gasteiger partial charge in [0.1, 0.15) is 10.6 Å². The molecule has 0 radical (unpaired) electrons. The van der Waals surface area contributed by atoms with Gasteiger partial charge in [-0.05, 0) is 49.7 Å². The Hall–Kier alpha value is -3.65. The summed E-state index contributed by atoms with van der Waals surface area (Å²) < 4.78 is 0. The first-order valence-corrected chi connectivity index (χ1v) is 11.4. The van der Waals surface area contributed by atoms with Crippen LogP contribution in [0.5, 0.6) is 0 Å². The van der Waals surface area contributed by atoms with Crippen molar-refractivity contribution in [2.45, 2.75) is 19.4 Å². The molecule has 2 aromatic carbocycles. The molecule has 0 saturated heterocycles. The van der Waals surface area contributed by atoms with E-state index < -0.39 is 5.54 Å². The molecule has 2 heterocycles. The second-order valence-electron chi connectivity index (χ2n) is 8.65. The van der Waals surface area contributed by atoms with Crippen molar-refractivity contribution in [3.05, 3.63) is 76.7 Å². The van der Waals surface area contributed by atoms with E-state index >= 15 is 0 Å². The highest BCUT2D eigenvalue weighted by Crippen LogP contribution is 2.32. The van der Waals surface area contributed by atoms with E-state index in [-0.39, 0.29) is 11.8 Å². The molecule has 4 aromatic rings. The third kappa shape index (κ3) is 4.47. The van der Waals surface area contributed by atoms with Gasteiger partial charge in [0.2, 0.25) is 0 Å². The number of rotatable bonds is 6. The fourth-order valence-corrected chi connectivity index (χ4v) is 4.52. The van der Waals surface area contributed by atoms with E-state index in [1.165, 1.54) is 16.2 Å². The number of carbonyl (C=O) groups excluding carboxylic acids is 2. The predicted molar refractivity (Wildman–Crippen MR) is 134 cm³/mol. The highest BCUT2D eigenvalue weighted by Gasteiger charge is 2.26. The molecule has 2 amide bonds. The van der Waals surface area contributed by atoms with Gasteiger partial charge in [-0.2, -0.15) is 5.10 Å². The minimum atomic E-state index is -0.528. The van der Waals surface area contributed by atoms with Gasteiger partial charge in [0.25, 0.3) is 11.8 Å². The Labute approximate surface area is 197 Å². The number of thiophene rings is 1. The lowest BCUT2D eigenvalue weighted by Gasteiger charge is -2.26. The molecule has 7 nitrogen and oxygen atoms in total. The van der Waals surface area contributed by atoms with Gasteiger partial charge < -0.3 is 10.2 Å². The standard InChI is InChI=1S/C25H27N5O2S/c1-25(2,17-9-7-6-8-10-17)26-22(31)20-15-19-21(27-28-23(19)33-20)30(5)24(32)16-11-13-18(14-12-16)29(3)4/h6-15H,1-5H3,(H,26,31)(H,27,28). The van der Waals surface area contributed by atoms with Crippen LogP contribution in [-0.2, 0) is 5.54 Å². The molecule has 0 atom stereocenters. The van der Waals surface area contributed by atoms with E-state index in [0.717, 1.165) is 16.6 Å². The molecule has 0 spiro atoms. The molecule has 0 saturated carbocycles. The number of amides is 2. The summed E-state index contributed by atoms with van der Waals surface area (Å²) in [5, 5.41) is 11.1. The molecule has 33 heavy (non-hydrogen) atoms. The van der Waals surface area contributed by atoms with Crippen molar-refractivity contribution in [1.82, 2.24) is 15.5 Å². The van der Waals surface area contributed by atoms with Crippen LogP contribution in [0.2, 0.25) is 0 Å². The second kappa shape index (κ2) is 8.71. The van der Waals surface area contributed by atoms with Crippen LogP contribution in [0.25, 0.3) is 10.2 Å². The minimum absolute atomic E-state index is 0.159. The topological polar surface area (TPSA) is 81.3 Å². The molecule has 0 aliphatic carbocycles. The number of hydrogen-bond acceptors (Lipinski definition) is 5. The van der Waals surface area contributed by atoms with E-state index in [1.807, 2.05) is 75.3 Å². The lowest BCUT2D eigenvalue weighted by atomic mass is 9.94. The van der Waals surface area contributed by atoms with Crippen molar-refractivity contribution >= 4 is 44.9 Å². The fourth-order valence-electron chi connectivity index (χ4n) is 3.64. The summed E-state index contributed by atoms with van der Waals surface area (Å²) >= 11 is 1.29. The Morgan fingerprint density at radius 1 is 1.00 bits per heavy atom. The first kappa shape index (κ1) is 22.5. The zero-order valence-corrected chi connectivity index (χ0v) is 20.2. The van der Waals surface area contributed by atoms with Crippen LogP contribution in [0.3, 0.4) is 0 Å². The second-order valence-corrected chi connectivity index (χ2v) is 9.68. The Kier molecular flexibility index (Phi) is 5.95. The van der Waals surface area contributed by atoms with Crippen LogP contribution in [0, 0.1) is 0 Å². The maximum atomic E-state index is 13.0. The van der Waals surface area contributed by atoms with Crippen molar-refractivity contribution in [1.29, 1.82) is 0 Å². The quantitative estimate of drug-likeness (QED) is 0.439. The SMILES string of the molecule is CN(C)c1ccc(C(=O)N(C)c2[nH]nc3sc(C(=O)NC(C)(C)c4ccccc4)cc23)cc1. The number of fused-ring (bicyclic) bond motifs is 1. The minimum Gasteiger partial charge on any atom is -0.378 e. The molecule has 2 aromatic heterocycles. The number of H-pyrrole nitrogens is 1. The third-order valence-corrected chi connectivity index (χ3v) is 6.67. The molecule has 2 N–H and O–H groups in total. The van der Waals surface area contributed by atoms with E-state index in [9.17, 15) is 9.59 Å². The zero-order chi connectivity index (χ0) is 23.8. The number of hydrogen-bond donors (Lipinski definition) is 2. The maximum Gasteiger partial charge on any atom is 0.262 e. The van der Waals surface area contributed by atoms with Gasteiger partial charge in [0, 0.05) is 32.4 Å². The van der Waals surface area contributed by atoms with Crippen LogP contribution < -0.4 is 15.1 Å². The van der Waals surface area contributed by atoms with Gasteiger partial charge in [0.05, 0.1) is 15.8 Å². The van der Waals surface area contributed by atoms with Crippen LogP contribution in [-0.4, -0.2) is 43.2 Å². The lowest BCUT2D eigenvalue weighted by Crippen LogP contribution is -2.40. The third-order valence-electron chi connectivity index (χ3n) is 5.65. The normalized spacial score (nSPS) is 11.4. The van der Waals surface area contributed by atoms with Crippen molar-refractivity contribution in [3.8, 4) is 0 Å². The number of aromatic amines is 1. The van der Waals surface area contributed by atoms with Gasteiger partial charge in [-0.1, -0.05) is 30.3 Å². The van der Waals surface area contributed by atoms with E-state index in [4.69, 9.17) is 0 Å². The van der Waals surface area contributed by atoms with E-state index in [1.54, 1.807) is 25.2 Å². The summed E-state index contributed by atoms with van der Waals surface area (Å²) in [7, 11) is 5.61. The molecule has 0 aliphatic heterocycles. The molecule has 8 heteroatoms. The first-order valence-electron chi connectivity index (χ1n) is 10.6. The summed E-state index contributed by atoms with van der Waals surface area (Å²) in [6.45, 7) is 3.94. The fraction of sp³-hybridized carbons (Fsp3) is 0.240. The summed E-state index contributed by atoms with van der Waals surface area (Å²) in [6, 6.07) is 19.1. The van der Waals surface area contributed by atoms with Gasteiger partial charge >= 0.3 is 0 Å². The van der Waals surface area contributed by atoms with Gasteiger partial charge in [-0.3, -0.25) is 19.6 Å². The maximum absolute atomic E-state index is 13.0. The highest BCUT2D eigenvalue weighted by molar-refractivity contribution is 7.20. The van der Waals surface area contributed by atoms with Crippen molar-refractivity contribution in [3.63, 3.8) is 0 Å². The number of aromatic nitrogens is 2. The Bertz CT molecular complexity index is 1290. The Morgan fingerprint density at radius 3 is 2.30 bits per heavy atom. The molecule has 4 rings (SSSR count).